The topological polar surface area (TPSA) is 109 Å². The van der Waals surface area contributed by atoms with Crippen molar-refractivity contribution < 1.29 is 25.2 Å². The van der Waals surface area contributed by atoms with Crippen molar-refractivity contribution in [2.24, 2.45) is 0 Å². The molecule has 0 bridgehead atoms. The van der Waals surface area contributed by atoms with E-state index in [2.05, 4.69) is 0 Å². The van der Waals surface area contributed by atoms with E-state index in [1.165, 1.54) is 13.8 Å². The number of rotatable bonds is 0. The lowest BCUT2D eigenvalue weighted by Gasteiger charge is -2.35. The van der Waals surface area contributed by atoms with Gasteiger partial charge in [-0.1, -0.05) is 55.9 Å². The summed E-state index contributed by atoms with van der Waals surface area (Å²) in [5.41, 5.74) is 0.843. The zero-order valence-electron chi connectivity index (χ0n) is 14.5. The Morgan fingerprint density at radius 3 is 0.818 bits per heavy atom. The van der Waals surface area contributed by atoms with Crippen molar-refractivity contribution in [3.8, 4) is 0 Å². The highest BCUT2D eigenvalue weighted by molar-refractivity contribution is 6.10. The second-order valence-corrected chi connectivity index (χ2v) is 4.15. The molecule has 5 nitrogen and oxygen atoms in total. The van der Waals surface area contributed by atoms with Crippen molar-refractivity contribution in [2.45, 2.75) is 55.4 Å². The highest BCUT2D eigenvalue weighted by Gasteiger charge is 2.13. The first-order chi connectivity index (χ1) is 10.2. The monoisotopic (exact) mass is 308 g/mol. The molecule has 0 amide bonds. The van der Waals surface area contributed by atoms with Crippen LogP contribution in [-0.4, -0.2) is 5.78 Å². The van der Waals surface area contributed by atoms with Gasteiger partial charge in [-0.25, -0.2) is 0 Å². The Morgan fingerprint density at radius 1 is 0.500 bits per heavy atom. The first-order valence-electron chi connectivity index (χ1n) is 7.27. The Labute approximate surface area is 132 Å². The molecule has 0 N–H and O–H groups in total. The molecule has 126 valence electrons. The van der Waals surface area contributed by atoms with Gasteiger partial charge in [-0.2, -0.15) is 0 Å². The average Bonchev–Trinajstić information content (AvgIpc) is 2.75. The van der Waals surface area contributed by atoms with Gasteiger partial charge in [0.2, 0.25) is 0 Å². The maximum absolute atomic E-state index is 10.8. The zero-order chi connectivity index (χ0) is 18.2. The highest BCUT2D eigenvalue weighted by Crippen LogP contribution is 2.25. The fourth-order valence-electron chi connectivity index (χ4n) is 1.53. The Kier molecular flexibility index (Phi) is 9.76. The quantitative estimate of drug-likeness (QED) is 0.633. The first-order valence-corrected chi connectivity index (χ1v) is 7.27. The molecule has 2 rings (SSSR count). The summed E-state index contributed by atoms with van der Waals surface area (Å²) >= 11 is 0. The maximum Gasteiger partial charge on any atom is 0.173 e. The van der Waals surface area contributed by atoms with E-state index >= 15 is 0 Å². The summed E-state index contributed by atoms with van der Waals surface area (Å²) in [7, 11) is 0. The molecule has 0 saturated heterocycles. The molecule has 2 aliphatic rings. The predicted molar refractivity (Wildman–Crippen MR) is 78.5 cm³/mol. The van der Waals surface area contributed by atoms with Crippen LogP contribution in [0.5, 0.6) is 0 Å². The fraction of sp³-hybridized carbons (Fsp3) is 0.471. The molecule has 0 aromatic rings. The zero-order valence-corrected chi connectivity index (χ0v) is 14.5. The van der Waals surface area contributed by atoms with Crippen LogP contribution in [0, 0.1) is 0 Å². The Morgan fingerprint density at radius 2 is 0.727 bits per heavy atom. The van der Waals surface area contributed by atoms with Gasteiger partial charge in [0.1, 0.15) is 0 Å². The normalized spacial score (nSPS) is 16.3. The summed E-state index contributed by atoms with van der Waals surface area (Å²) in [4.78, 5) is 10.7. The Hall–Kier alpha value is -2.17. The molecule has 22 heavy (non-hydrogen) atoms. The molecular formula is C17H24O5-4. The van der Waals surface area contributed by atoms with Crippen molar-refractivity contribution in [2.75, 3.05) is 0 Å². The molecule has 0 spiro atoms. The van der Waals surface area contributed by atoms with Crippen LogP contribution >= 0.6 is 0 Å². The van der Waals surface area contributed by atoms with Gasteiger partial charge in [-0.15, -0.1) is 11.5 Å². The van der Waals surface area contributed by atoms with Crippen LogP contribution < -0.4 is 20.4 Å². The first kappa shape index (κ1) is 22.1. The molecular weight excluding hydrogens is 284 g/mol. The molecule has 0 unspecified atom stereocenters. The number of carbonyl (C=O) groups excluding carboxylic acids is 1. The largest absolute Gasteiger partial charge is 0.872 e. The minimum atomic E-state index is -0.650. The van der Waals surface area contributed by atoms with E-state index in [0.717, 1.165) is 0 Å². The standard InChI is InChI=1S/C7H8O3.C6H8O2.2C2H6/c1-3-5(8)4(2)7(10)6(3)9;1-3-5(7)4(2)6(3)8;2*1-2/h8H,1-2H3,(H,9,10);7-8H,1-2H3;2*1-2H3/p-4. The van der Waals surface area contributed by atoms with E-state index in [-0.39, 0.29) is 22.7 Å². The van der Waals surface area contributed by atoms with Gasteiger partial charge >= 0.3 is 0 Å². The number of ketones is 1. The highest BCUT2D eigenvalue weighted by atomic mass is 16.3. The second kappa shape index (κ2) is 9.71. The summed E-state index contributed by atoms with van der Waals surface area (Å²) in [6, 6.07) is 0. The summed E-state index contributed by atoms with van der Waals surface area (Å²) in [6.45, 7) is 13.9. The third-order valence-electron chi connectivity index (χ3n) is 2.93. The van der Waals surface area contributed by atoms with Crippen molar-refractivity contribution >= 4 is 5.78 Å². The van der Waals surface area contributed by atoms with Crippen molar-refractivity contribution in [1.82, 2.24) is 0 Å². The van der Waals surface area contributed by atoms with Crippen molar-refractivity contribution in [3.63, 3.8) is 0 Å². The number of allylic oxidation sites excluding steroid dienone is 4. The summed E-state index contributed by atoms with van der Waals surface area (Å²) in [5.74, 6) is -1.86. The van der Waals surface area contributed by atoms with E-state index in [0.29, 0.717) is 11.1 Å². The fourth-order valence-corrected chi connectivity index (χ4v) is 1.53. The molecule has 2 aliphatic carbocycles. The van der Waals surface area contributed by atoms with Crippen molar-refractivity contribution in [1.29, 1.82) is 0 Å². The molecule has 0 fully saturated rings. The number of Topliss-reactive ketones (excluding diaryl/α,β-unsaturated/α-hetero) is 1. The van der Waals surface area contributed by atoms with Crippen LogP contribution in [-0.2, 0) is 4.79 Å². The van der Waals surface area contributed by atoms with Gasteiger partial charge in [0.05, 0.1) is 0 Å². The summed E-state index contributed by atoms with van der Waals surface area (Å²) in [6.07, 6.45) is 0. The summed E-state index contributed by atoms with van der Waals surface area (Å²) < 4.78 is 0. The van der Waals surface area contributed by atoms with Crippen LogP contribution in [0.4, 0.5) is 0 Å². The van der Waals surface area contributed by atoms with Gasteiger partial charge in [0, 0.05) is 0 Å². The van der Waals surface area contributed by atoms with E-state index in [9.17, 15) is 25.2 Å². The van der Waals surface area contributed by atoms with Crippen LogP contribution in [0.25, 0.3) is 0 Å². The van der Waals surface area contributed by atoms with Gasteiger partial charge in [0.25, 0.3) is 0 Å². The minimum absolute atomic E-state index is 0.0440. The van der Waals surface area contributed by atoms with Crippen LogP contribution in [0.2, 0.25) is 0 Å². The van der Waals surface area contributed by atoms with Gasteiger partial charge in [-0.05, 0) is 33.3 Å². The molecule has 0 aliphatic heterocycles. The molecule has 5 heteroatoms. The Balaban J connectivity index is 0. The number of hydrogen-bond donors (Lipinski definition) is 0. The van der Waals surface area contributed by atoms with Crippen LogP contribution in [0.15, 0.2) is 45.3 Å². The van der Waals surface area contributed by atoms with Gasteiger partial charge in [-0.3, -0.25) is 4.79 Å². The molecule has 0 radical (unpaired) electrons. The minimum Gasteiger partial charge on any atom is -0.872 e. The number of hydrogen-bond acceptors (Lipinski definition) is 5. The van der Waals surface area contributed by atoms with E-state index < -0.39 is 17.3 Å². The molecule has 0 atom stereocenters. The molecule has 0 aromatic carbocycles. The van der Waals surface area contributed by atoms with Gasteiger partial charge in [0.15, 0.2) is 5.78 Å². The number of carbonyl (C=O) groups is 1. The lowest BCUT2D eigenvalue weighted by molar-refractivity contribution is -0.331. The lowest BCUT2D eigenvalue weighted by Crippen LogP contribution is -2.25. The predicted octanol–water partition coefficient (Wildman–Crippen LogP) is 0.159. The van der Waals surface area contributed by atoms with E-state index in [1.54, 1.807) is 13.8 Å². The smallest absolute Gasteiger partial charge is 0.173 e. The Bertz CT molecular complexity index is 466. The van der Waals surface area contributed by atoms with Crippen LogP contribution in [0.3, 0.4) is 0 Å². The van der Waals surface area contributed by atoms with Gasteiger partial charge < -0.3 is 20.4 Å². The maximum atomic E-state index is 10.8. The SMILES string of the molecule is CC.CC.CC1=C([O-])C(=O)C(C)=C1[O-].CC1=C([O-])C(C)=C1[O-]. The van der Waals surface area contributed by atoms with E-state index in [1.807, 2.05) is 27.7 Å². The van der Waals surface area contributed by atoms with E-state index in [4.69, 9.17) is 0 Å². The molecule has 0 saturated carbocycles. The third-order valence-corrected chi connectivity index (χ3v) is 2.93. The molecule has 0 aromatic heterocycles. The lowest BCUT2D eigenvalue weighted by atomic mass is 9.97. The summed E-state index contributed by atoms with van der Waals surface area (Å²) in [5, 5.41) is 42.5. The molecule has 0 heterocycles. The third kappa shape index (κ3) is 4.41. The average molecular weight is 308 g/mol. The van der Waals surface area contributed by atoms with Crippen molar-refractivity contribution in [3.05, 3.63) is 45.3 Å². The second-order valence-electron chi connectivity index (χ2n) is 4.15. The van der Waals surface area contributed by atoms with Crippen LogP contribution in [0.1, 0.15) is 55.4 Å².